The van der Waals surface area contributed by atoms with Crippen molar-refractivity contribution in [1.29, 1.82) is 0 Å². The summed E-state index contributed by atoms with van der Waals surface area (Å²) in [4.78, 5) is 53.7. The van der Waals surface area contributed by atoms with Gasteiger partial charge in [0.05, 0.1) is 11.8 Å². The number of nitrogens with zero attached hydrogens (tertiary/aromatic N) is 1. The van der Waals surface area contributed by atoms with Gasteiger partial charge in [0.15, 0.2) is 6.61 Å². The van der Waals surface area contributed by atoms with E-state index in [1.54, 1.807) is 6.07 Å². The molecule has 2 aromatic rings. The zero-order valence-corrected chi connectivity index (χ0v) is 20.0. The minimum Gasteiger partial charge on any atom is -0.454 e. The van der Waals surface area contributed by atoms with Gasteiger partial charge in [0.2, 0.25) is 11.8 Å². The van der Waals surface area contributed by atoms with Gasteiger partial charge in [-0.3, -0.25) is 19.3 Å². The molecule has 3 amide bonds. The van der Waals surface area contributed by atoms with Crippen LogP contribution in [0.5, 0.6) is 0 Å². The van der Waals surface area contributed by atoms with Crippen molar-refractivity contribution < 1.29 is 23.9 Å². The smallest absolute Gasteiger partial charge is 0.330 e. The quantitative estimate of drug-likeness (QED) is 0.490. The Kier molecular flexibility index (Phi) is 6.17. The van der Waals surface area contributed by atoms with E-state index in [0.29, 0.717) is 5.69 Å². The molecule has 7 nitrogen and oxygen atoms in total. The van der Waals surface area contributed by atoms with Crippen LogP contribution in [0.2, 0.25) is 0 Å². The van der Waals surface area contributed by atoms with Crippen molar-refractivity contribution in [2.75, 3.05) is 11.9 Å². The lowest BCUT2D eigenvalue weighted by atomic mass is 9.81. The van der Waals surface area contributed by atoms with Gasteiger partial charge in [-0.2, -0.15) is 0 Å². The molecule has 1 saturated heterocycles. The molecule has 1 heterocycles. The normalized spacial score (nSPS) is 25.5. The molecule has 1 N–H and O–H groups in total. The maximum Gasteiger partial charge on any atom is 0.330 e. The highest BCUT2D eigenvalue weighted by molar-refractivity contribution is 6.08. The van der Waals surface area contributed by atoms with Crippen molar-refractivity contribution in [3.8, 4) is 0 Å². The number of carbonyl (C=O) groups excluding carboxylic acids is 4. The first-order valence-electron chi connectivity index (χ1n) is 12.3. The number of carbonyl (C=O) groups is 4. The average molecular weight is 475 g/mol. The van der Waals surface area contributed by atoms with Crippen molar-refractivity contribution in [1.82, 2.24) is 4.90 Å². The molecule has 2 bridgehead atoms. The van der Waals surface area contributed by atoms with Crippen molar-refractivity contribution in [3.05, 3.63) is 65.2 Å². The molecule has 7 heteroatoms. The summed E-state index contributed by atoms with van der Waals surface area (Å²) in [6.07, 6.45) is 3.01. The summed E-state index contributed by atoms with van der Waals surface area (Å²) in [5.74, 6) is -1.92. The number of fused-ring (bicyclic) bond motifs is 5. The first-order chi connectivity index (χ1) is 16.8. The summed E-state index contributed by atoms with van der Waals surface area (Å²) < 4.78 is 5.38. The lowest BCUT2D eigenvalue weighted by molar-refractivity contribution is -0.160. The number of esters is 1. The fourth-order valence-corrected chi connectivity index (χ4v) is 6.16. The fourth-order valence-electron chi connectivity index (χ4n) is 6.16. The van der Waals surface area contributed by atoms with E-state index in [1.165, 1.54) is 0 Å². The molecule has 3 aliphatic rings. The first-order valence-corrected chi connectivity index (χ1v) is 12.3. The van der Waals surface area contributed by atoms with Crippen LogP contribution in [0, 0.1) is 37.5 Å². The number of rotatable bonds is 7. The second-order valence-electron chi connectivity index (χ2n) is 10.0. The van der Waals surface area contributed by atoms with Crippen LogP contribution in [0.25, 0.3) is 0 Å². The molecule has 1 aliphatic heterocycles. The van der Waals surface area contributed by atoms with Gasteiger partial charge < -0.3 is 10.1 Å². The zero-order valence-electron chi connectivity index (χ0n) is 20.0. The number of nitrogens with one attached hydrogen (secondary N) is 1. The lowest BCUT2D eigenvalue weighted by Crippen LogP contribution is -2.48. The largest absolute Gasteiger partial charge is 0.454 e. The van der Waals surface area contributed by atoms with Gasteiger partial charge in [0.1, 0.15) is 6.04 Å². The monoisotopic (exact) mass is 474 g/mol. The number of ether oxygens (including phenoxy) is 1. The molecule has 0 unspecified atom stereocenters. The molecule has 0 spiro atoms. The van der Waals surface area contributed by atoms with Crippen LogP contribution < -0.4 is 5.32 Å². The number of hydrogen-bond donors (Lipinski definition) is 1. The Morgan fingerprint density at radius 2 is 1.63 bits per heavy atom. The third-order valence-electron chi connectivity index (χ3n) is 8.04. The van der Waals surface area contributed by atoms with Gasteiger partial charge in [0, 0.05) is 12.1 Å². The molecule has 2 aliphatic carbocycles. The molecule has 35 heavy (non-hydrogen) atoms. The van der Waals surface area contributed by atoms with E-state index < -0.39 is 24.5 Å². The number of anilines is 1. The van der Waals surface area contributed by atoms with E-state index >= 15 is 0 Å². The van der Waals surface area contributed by atoms with Crippen LogP contribution in [0.4, 0.5) is 5.69 Å². The third-order valence-corrected chi connectivity index (χ3v) is 8.04. The van der Waals surface area contributed by atoms with E-state index in [1.807, 2.05) is 56.3 Å². The van der Waals surface area contributed by atoms with Crippen LogP contribution >= 0.6 is 0 Å². The summed E-state index contributed by atoms with van der Waals surface area (Å²) in [6.45, 7) is 3.36. The van der Waals surface area contributed by atoms with Crippen LogP contribution in [0.3, 0.4) is 0 Å². The number of hydrogen-bond acceptors (Lipinski definition) is 5. The number of aryl methyl sites for hydroxylation is 1. The average Bonchev–Trinajstić information content (AvgIpc) is 3.53. The number of amides is 3. The number of likely N-dealkylation sites (tertiary alicyclic amines) is 1. The van der Waals surface area contributed by atoms with Crippen molar-refractivity contribution in [2.24, 2.45) is 23.7 Å². The highest BCUT2D eigenvalue weighted by Gasteiger charge is 2.62. The summed E-state index contributed by atoms with van der Waals surface area (Å²) in [7, 11) is 0. The Balaban J connectivity index is 1.32. The topological polar surface area (TPSA) is 92.8 Å². The highest BCUT2D eigenvalue weighted by Crippen LogP contribution is 2.56. The second-order valence-corrected chi connectivity index (χ2v) is 10.0. The highest BCUT2D eigenvalue weighted by atomic mass is 16.5. The summed E-state index contributed by atoms with van der Waals surface area (Å²) >= 11 is 0. The van der Waals surface area contributed by atoms with Gasteiger partial charge in [-0.05, 0) is 67.7 Å². The van der Waals surface area contributed by atoms with Crippen LogP contribution in [0.1, 0.15) is 36.0 Å². The molecule has 0 aromatic heterocycles. The Morgan fingerprint density at radius 3 is 2.29 bits per heavy atom. The van der Waals surface area contributed by atoms with E-state index in [-0.39, 0.29) is 41.9 Å². The summed E-state index contributed by atoms with van der Waals surface area (Å²) in [5.41, 5.74) is 3.44. The van der Waals surface area contributed by atoms with E-state index in [0.717, 1.165) is 40.9 Å². The predicted molar refractivity (Wildman–Crippen MR) is 129 cm³/mol. The van der Waals surface area contributed by atoms with Crippen molar-refractivity contribution in [2.45, 2.75) is 45.6 Å². The maximum atomic E-state index is 13.4. The van der Waals surface area contributed by atoms with Gasteiger partial charge in [0.25, 0.3) is 5.91 Å². The van der Waals surface area contributed by atoms with E-state index in [9.17, 15) is 19.2 Å². The number of benzene rings is 2. The molecular formula is C28H30N2O5. The van der Waals surface area contributed by atoms with E-state index in [2.05, 4.69) is 5.32 Å². The standard InChI is InChI=1S/C28H30N2O5/c1-16-7-6-10-21(17(16)2)29-23(31)15-35-28(34)22(13-18-8-4-3-5-9-18)30-26(32)24-19-11-12-20(14-19)25(24)27(30)33/h3-10,19-20,22,24-25H,11-15H2,1-2H3,(H,29,31)/t19-,20-,22-,24+,25+/m0/s1. The Bertz CT molecular complexity index is 1150. The molecule has 5 atom stereocenters. The predicted octanol–water partition coefficient (Wildman–Crippen LogP) is 3.43. The SMILES string of the molecule is Cc1cccc(NC(=O)COC(=O)[C@H](Cc2ccccc2)N2C(=O)[C@@H]3[C@H]4CC[C@@H](C4)[C@H]3C2=O)c1C. The maximum absolute atomic E-state index is 13.4. The molecule has 0 radical (unpaired) electrons. The third kappa shape index (κ3) is 4.24. The second kappa shape index (κ2) is 9.29. The molecule has 182 valence electrons. The van der Waals surface area contributed by atoms with Gasteiger partial charge in [-0.15, -0.1) is 0 Å². The Labute approximate surface area is 204 Å². The van der Waals surface area contributed by atoms with Crippen molar-refractivity contribution >= 4 is 29.4 Å². The molecule has 3 fully saturated rings. The van der Waals surface area contributed by atoms with Crippen LogP contribution in [0.15, 0.2) is 48.5 Å². The van der Waals surface area contributed by atoms with Gasteiger partial charge in [-0.1, -0.05) is 42.5 Å². The summed E-state index contributed by atoms with van der Waals surface area (Å²) in [5, 5.41) is 2.77. The molecule has 5 rings (SSSR count). The molecule has 2 aromatic carbocycles. The van der Waals surface area contributed by atoms with Crippen LogP contribution in [-0.2, 0) is 30.3 Å². The Morgan fingerprint density at radius 1 is 0.971 bits per heavy atom. The van der Waals surface area contributed by atoms with Crippen LogP contribution in [-0.4, -0.2) is 41.2 Å². The first kappa shape index (κ1) is 23.3. The van der Waals surface area contributed by atoms with E-state index in [4.69, 9.17) is 4.74 Å². The molecule has 2 saturated carbocycles. The minimum atomic E-state index is -1.09. The fraction of sp³-hybridized carbons (Fsp3) is 0.429. The van der Waals surface area contributed by atoms with Gasteiger partial charge >= 0.3 is 5.97 Å². The summed E-state index contributed by atoms with van der Waals surface area (Å²) in [6, 6.07) is 13.7. The lowest BCUT2D eigenvalue weighted by Gasteiger charge is -2.26. The minimum absolute atomic E-state index is 0.157. The Hall–Kier alpha value is -3.48. The molecular weight excluding hydrogens is 444 g/mol. The zero-order chi connectivity index (χ0) is 24.7. The van der Waals surface area contributed by atoms with Gasteiger partial charge in [-0.25, -0.2) is 4.79 Å². The van der Waals surface area contributed by atoms with Crippen molar-refractivity contribution in [3.63, 3.8) is 0 Å². The number of imide groups is 1.